The van der Waals surface area contributed by atoms with Gasteiger partial charge in [-0.25, -0.2) is 4.79 Å². The van der Waals surface area contributed by atoms with Crippen LogP contribution in [0.25, 0.3) is 0 Å². The summed E-state index contributed by atoms with van der Waals surface area (Å²) in [5.41, 5.74) is 0.946. The van der Waals surface area contributed by atoms with Gasteiger partial charge in [-0.15, -0.1) is 0 Å². The molecule has 0 spiro atoms. The van der Waals surface area contributed by atoms with Crippen LogP contribution in [0.1, 0.15) is 5.56 Å². The van der Waals surface area contributed by atoms with Crippen LogP contribution in [-0.4, -0.2) is 17.2 Å². The van der Waals surface area contributed by atoms with E-state index in [4.69, 9.17) is 9.84 Å². The SMILES string of the molecule is O=C(O)[C@@H]1Cc2cc(Br)ccc2O1. The van der Waals surface area contributed by atoms with E-state index in [-0.39, 0.29) is 0 Å². The molecule has 1 N–H and O–H groups in total. The lowest BCUT2D eigenvalue weighted by Gasteiger charge is -2.02. The van der Waals surface area contributed by atoms with Crippen molar-refractivity contribution in [3.8, 4) is 5.75 Å². The summed E-state index contributed by atoms with van der Waals surface area (Å²) in [4.78, 5) is 10.6. The van der Waals surface area contributed by atoms with E-state index in [1.54, 1.807) is 6.07 Å². The van der Waals surface area contributed by atoms with Gasteiger partial charge in [0.05, 0.1) is 0 Å². The number of carboxylic acid groups (broad SMARTS) is 1. The van der Waals surface area contributed by atoms with Crippen LogP contribution in [0.2, 0.25) is 0 Å². The van der Waals surface area contributed by atoms with E-state index in [1.165, 1.54) is 0 Å². The zero-order valence-corrected chi connectivity index (χ0v) is 8.24. The lowest BCUT2D eigenvalue weighted by atomic mass is 10.1. The Balaban J connectivity index is 2.30. The first kappa shape index (κ1) is 8.56. The van der Waals surface area contributed by atoms with Crippen molar-refractivity contribution in [3.63, 3.8) is 0 Å². The first-order chi connectivity index (χ1) is 6.16. The quantitative estimate of drug-likeness (QED) is 0.818. The minimum atomic E-state index is -0.910. The Morgan fingerprint density at radius 2 is 2.38 bits per heavy atom. The molecule has 1 aliphatic rings. The van der Waals surface area contributed by atoms with E-state index in [0.29, 0.717) is 12.2 Å². The topological polar surface area (TPSA) is 46.5 Å². The maximum absolute atomic E-state index is 10.6. The predicted molar refractivity (Wildman–Crippen MR) is 49.9 cm³/mol. The van der Waals surface area contributed by atoms with E-state index in [9.17, 15) is 4.79 Å². The third-order valence-electron chi connectivity index (χ3n) is 1.97. The smallest absolute Gasteiger partial charge is 0.345 e. The zero-order valence-electron chi connectivity index (χ0n) is 6.66. The van der Waals surface area contributed by atoms with E-state index in [1.807, 2.05) is 12.1 Å². The number of fused-ring (bicyclic) bond motifs is 1. The Labute approximate surface area is 83.5 Å². The maximum atomic E-state index is 10.6. The number of rotatable bonds is 1. The molecule has 0 aliphatic carbocycles. The van der Waals surface area contributed by atoms with Crippen LogP contribution in [0.4, 0.5) is 0 Å². The highest BCUT2D eigenvalue weighted by molar-refractivity contribution is 9.10. The molecule has 0 amide bonds. The number of ether oxygens (including phenoxy) is 1. The summed E-state index contributed by atoms with van der Waals surface area (Å²) in [6.07, 6.45) is -0.270. The van der Waals surface area contributed by atoms with Gasteiger partial charge in [-0.1, -0.05) is 15.9 Å². The van der Waals surface area contributed by atoms with Crippen molar-refractivity contribution in [2.24, 2.45) is 0 Å². The van der Waals surface area contributed by atoms with Crippen LogP contribution in [0.3, 0.4) is 0 Å². The van der Waals surface area contributed by atoms with Gasteiger partial charge in [0, 0.05) is 10.9 Å². The van der Waals surface area contributed by atoms with E-state index < -0.39 is 12.1 Å². The number of halogens is 1. The molecule has 1 heterocycles. The summed E-state index contributed by atoms with van der Waals surface area (Å²) in [7, 11) is 0. The molecule has 0 saturated heterocycles. The van der Waals surface area contributed by atoms with E-state index >= 15 is 0 Å². The second-order valence-electron chi connectivity index (χ2n) is 2.90. The van der Waals surface area contributed by atoms with Gasteiger partial charge < -0.3 is 9.84 Å². The minimum Gasteiger partial charge on any atom is -0.478 e. The molecule has 2 rings (SSSR count). The molecular weight excluding hydrogens is 236 g/mol. The molecule has 1 atom stereocenters. The third-order valence-corrected chi connectivity index (χ3v) is 2.47. The lowest BCUT2D eigenvalue weighted by Crippen LogP contribution is -2.24. The number of benzene rings is 1. The number of carbonyl (C=O) groups is 1. The van der Waals surface area contributed by atoms with Crippen molar-refractivity contribution in [1.29, 1.82) is 0 Å². The summed E-state index contributed by atoms with van der Waals surface area (Å²) in [5.74, 6) is -0.233. The molecule has 3 nitrogen and oxygen atoms in total. The van der Waals surface area contributed by atoms with Crippen molar-refractivity contribution in [2.75, 3.05) is 0 Å². The second kappa shape index (κ2) is 3.03. The molecule has 0 unspecified atom stereocenters. The van der Waals surface area contributed by atoms with Gasteiger partial charge in [0.15, 0.2) is 6.10 Å². The molecular formula is C9H7BrO3. The Bertz CT molecular complexity index is 362. The van der Waals surface area contributed by atoms with Gasteiger partial charge in [-0.2, -0.15) is 0 Å². The number of aliphatic carboxylic acids is 1. The van der Waals surface area contributed by atoms with Crippen LogP contribution in [0.5, 0.6) is 5.75 Å². The van der Waals surface area contributed by atoms with Gasteiger partial charge in [-0.3, -0.25) is 0 Å². The molecule has 0 saturated carbocycles. The fourth-order valence-electron chi connectivity index (χ4n) is 1.35. The van der Waals surface area contributed by atoms with Gasteiger partial charge >= 0.3 is 5.97 Å². The van der Waals surface area contributed by atoms with E-state index in [0.717, 1.165) is 10.0 Å². The molecule has 0 radical (unpaired) electrons. The Morgan fingerprint density at radius 3 is 3.08 bits per heavy atom. The van der Waals surface area contributed by atoms with E-state index in [2.05, 4.69) is 15.9 Å². The first-order valence-corrected chi connectivity index (χ1v) is 4.64. The number of hydrogen-bond acceptors (Lipinski definition) is 2. The largest absolute Gasteiger partial charge is 0.478 e. The summed E-state index contributed by atoms with van der Waals surface area (Å²) in [5, 5.41) is 8.72. The average molecular weight is 243 g/mol. The number of hydrogen-bond donors (Lipinski definition) is 1. The Morgan fingerprint density at radius 1 is 1.62 bits per heavy atom. The molecule has 0 fully saturated rings. The van der Waals surface area contributed by atoms with Crippen molar-refractivity contribution >= 4 is 21.9 Å². The molecule has 1 aliphatic heterocycles. The molecule has 13 heavy (non-hydrogen) atoms. The summed E-state index contributed by atoms with van der Waals surface area (Å²) in [6, 6.07) is 5.50. The molecule has 1 aromatic rings. The third kappa shape index (κ3) is 1.54. The van der Waals surface area contributed by atoms with Gasteiger partial charge in [0.25, 0.3) is 0 Å². The zero-order chi connectivity index (χ0) is 9.42. The lowest BCUT2D eigenvalue weighted by molar-refractivity contribution is -0.144. The normalized spacial score (nSPS) is 19.3. The standard InChI is InChI=1S/C9H7BrO3/c10-6-1-2-7-5(3-6)4-8(13-7)9(11)12/h1-3,8H,4H2,(H,11,12)/t8-/m0/s1. The van der Waals surface area contributed by atoms with Gasteiger partial charge in [0.1, 0.15) is 5.75 Å². The van der Waals surface area contributed by atoms with Crippen LogP contribution >= 0.6 is 15.9 Å². The highest BCUT2D eigenvalue weighted by atomic mass is 79.9. The highest BCUT2D eigenvalue weighted by Crippen LogP contribution is 2.31. The summed E-state index contributed by atoms with van der Waals surface area (Å²) >= 11 is 3.32. The fourth-order valence-corrected chi connectivity index (χ4v) is 1.76. The van der Waals surface area contributed by atoms with Crippen molar-refractivity contribution in [2.45, 2.75) is 12.5 Å². The predicted octanol–water partition coefficient (Wildman–Crippen LogP) is 1.84. The Kier molecular flexibility index (Phi) is 2.00. The van der Waals surface area contributed by atoms with Gasteiger partial charge in [-0.05, 0) is 23.8 Å². The maximum Gasteiger partial charge on any atom is 0.345 e. The summed E-state index contributed by atoms with van der Waals surface area (Å²) in [6.45, 7) is 0. The van der Waals surface area contributed by atoms with Gasteiger partial charge in [0.2, 0.25) is 0 Å². The summed E-state index contributed by atoms with van der Waals surface area (Å²) < 4.78 is 6.15. The monoisotopic (exact) mass is 242 g/mol. The molecule has 68 valence electrons. The molecule has 0 aromatic heterocycles. The average Bonchev–Trinajstić information content (AvgIpc) is 2.46. The van der Waals surface area contributed by atoms with Crippen molar-refractivity contribution in [1.82, 2.24) is 0 Å². The highest BCUT2D eigenvalue weighted by Gasteiger charge is 2.28. The fraction of sp³-hybridized carbons (Fsp3) is 0.222. The van der Waals surface area contributed by atoms with Crippen LogP contribution in [-0.2, 0) is 11.2 Å². The second-order valence-corrected chi connectivity index (χ2v) is 3.82. The minimum absolute atomic E-state index is 0.449. The Hall–Kier alpha value is -1.03. The molecule has 0 bridgehead atoms. The molecule has 1 aromatic carbocycles. The molecule has 4 heteroatoms. The van der Waals surface area contributed by atoms with Crippen LogP contribution < -0.4 is 4.74 Å². The van der Waals surface area contributed by atoms with Crippen LogP contribution in [0, 0.1) is 0 Å². The number of carboxylic acids is 1. The van der Waals surface area contributed by atoms with Crippen molar-refractivity contribution in [3.05, 3.63) is 28.2 Å². The van der Waals surface area contributed by atoms with Crippen molar-refractivity contribution < 1.29 is 14.6 Å². The van der Waals surface area contributed by atoms with Crippen LogP contribution in [0.15, 0.2) is 22.7 Å². The first-order valence-electron chi connectivity index (χ1n) is 3.85.